The van der Waals surface area contributed by atoms with Gasteiger partial charge < -0.3 is 19.9 Å². The lowest BCUT2D eigenvalue weighted by Crippen LogP contribution is -2.47. The van der Waals surface area contributed by atoms with Crippen LogP contribution in [0.4, 0.5) is 13.2 Å². The van der Waals surface area contributed by atoms with Crippen molar-refractivity contribution < 1.29 is 27.9 Å². The number of hydrogen-bond acceptors (Lipinski definition) is 4. The van der Waals surface area contributed by atoms with Gasteiger partial charge in [0.15, 0.2) is 11.4 Å². The molecule has 0 radical (unpaired) electrons. The van der Waals surface area contributed by atoms with Crippen LogP contribution in [0.2, 0.25) is 0 Å². The Hall–Kier alpha value is -3.30. The third-order valence-corrected chi connectivity index (χ3v) is 6.00. The van der Waals surface area contributed by atoms with E-state index < -0.39 is 58.4 Å². The second kappa shape index (κ2) is 7.68. The lowest BCUT2D eigenvalue weighted by atomic mass is 10.0. The summed E-state index contributed by atoms with van der Waals surface area (Å²) >= 11 is 0. The van der Waals surface area contributed by atoms with Gasteiger partial charge in [-0.3, -0.25) is 14.4 Å². The lowest BCUT2D eigenvalue weighted by molar-refractivity contribution is 0.0570. The van der Waals surface area contributed by atoms with Crippen molar-refractivity contribution in [2.24, 2.45) is 0 Å². The van der Waals surface area contributed by atoms with Crippen molar-refractivity contribution in [2.75, 3.05) is 13.1 Å². The Bertz CT molecular complexity index is 1170. The maximum Gasteiger partial charge on any atom is 0.274 e. The number of hydrogen-bond donors (Lipinski definition) is 2. The first-order chi connectivity index (χ1) is 15.0. The van der Waals surface area contributed by atoms with Gasteiger partial charge in [-0.05, 0) is 44.4 Å². The number of aromatic hydroxyl groups is 1. The van der Waals surface area contributed by atoms with Gasteiger partial charge in [0.05, 0.1) is 12.6 Å². The molecule has 1 aromatic carbocycles. The van der Waals surface area contributed by atoms with Gasteiger partial charge in [-0.15, -0.1) is 0 Å². The van der Waals surface area contributed by atoms with Crippen molar-refractivity contribution >= 4 is 11.8 Å². The molecule has 0 spiro atoms. The molecular formula is C22H22F3N3O4. The van der Waals surface area contributed by atoms with Crippen molar-refractivity contribution in [1.29, 1.82) is 0 Å². The quantitative estimate of drug-likeness (QED) is 0.754. The van der Waals surface area contributed by atoms with Gasteiger partial charge in [0, 0.05) is 24.8 Å². The standard InChI is InChI=1S/C22H22F3N3O4/c1-11-5-15(23)13(16(24)6-11)7-26-20(31)14-9-28-12-3-4-22(2,25)10-27(8-12)21(32)17(28)19(30)18(14)29/h5-6,9,12,30H,3-4,7-8,10H2,1-2H3,(H,26,31)/t12-,22+/m0/s1. The van der Waals surface area contributed by atoms with Crippen molar-refractivity contribution in [3.05, 3.63) is 62.6 Å². The van der Waals surface area contributed by atoms with Gasteiger partial charge in [0.2, 0.25) is 5.43 Å². The van der Waals surface area contributed by atoms with Crippen molar-refractivity contribution in [1.82, 2.24) is 14.8 Å². The van der Waals surface area contributed by atoms with E-state index in [1.165, 1.54) is 23.3 Å². The number of carbonyl (C=O) groups is 2. The number of alkyl halides is 1. The Labute approximate surface area is 181 Å². The largest absolute Gasteiger partial charge is 0.503 e. The number of carbonyl (C=O) groups excluding carboxylic acids is 2. The maximum absolute atomic E-state index is 14.7. The predicted octanol–water partition coefficient (Wildman–Crippen LogP) is 2.59. The number of aromatic nitrogens is 1. The van der Waals surface area contributed by atoms with Crippen LogP contribution >= 0.6 is 0 Å². The molecule has 170 valence electrons. The average Bonchev–Trinajstić information content (AvgIpc) is 2.84. The van der Waals surface area contributed by atoms with Crippen LogP contribution in [-0.4, -0.2) is 45.1 Å². The molecule has 0 aliphatic carbocycles. The van der Waals surface area contributed by atoms with E-state index in [0.717, 1.165) is 18.3 Å². The molecule has 3 heterocycles. The second-order valence-electron chi connectivity index (χ2n) is 8.66. The SMILES string of the molecule is Cc1cc(F)c(CNC(=O)c2cn3c(c(O)c2=O)C(=O)N2C[C@@H]3CC[C@@](C)(F)C2)c(F)c1. The molecule has 1 saturated heterocycles. The van der Waals surface area contributed by atoms with Crippen LogP contribution in [0.25, 0.3) is 0 Å². The van der Waals surface area contributed by atoms with Crippen molar-refractivity contribution in [3.63, 3.8) is 0 Å². The van der Waals surface area contributed by atoms with Gasteiger partial charge in [-0.25, -0.2) is 13.2 Å². The number of halogens is 3. The Balaban J connectivity index is 1.67. The zero-order valence-electron chi connectivity index (χ0n) is 17.5. The molecule has 7 nitrogen and oxygen atoms in total. The summed E-state index contributed by atoms with van der Waals surface area (Å²) in [6.45, 7) is 2.40. The minimum Gasteiger partial charge on any atom is -0.503 e. The Morgan fingerprint density at radius 3 is 2.59 bits per heavy atom. The summed E-state index contributed by atoms with van der Waals surface area (Å²) in [6.07, 6.45) is 1.63. The Morgan fingerprint density at radius 2 is 1.94 bits per heavy atom. The summed E-state index contributed by atoms with van der Waals surface area (Å²) in [4.78, 5) is 39.3. The van der Waals surface area contributed by atoms with E-state index in [-0.39, 0.29) is 30.8 Å². The smallest absolute Gasteiger partial charge is 0.274 e. The third kappa shape index (κ3) is 3.74. The lowest BCUT2D eigenvalue weighted by Gasteiger charge is -2.35. The molecule has 2 bridgehead atoms. The van der Waals surface area contributed by atoms with Gasteiger partial charge in [0.25, 0.3) is 11.8 Å². The van der Waals surface area contributed by atoms with E-state index in [0.29, 0.717) is 12.0 Å². The average molecular weight is 449 g/mol. The minimum absolute atomic E-state index is 0.154. The zero-order chi connectivity index (χ0) is 23.4. The minimum atomic E-state index is -1.62. The van der Waals surface area contributed by atoms with Crippen LogP contribution < -0.4 is 10.7 Å². The highest BCUT2D eigenvalue weighted by molar-refractivity contribution is 5.99. The highest BCUT2D eigenvalue weighted by atomic mass is 19.1. The molecule has 0 saturated carbocycles. The molecule has 2 aromatic rings. The summed E-state index contributed by atoms with van der Waals surface area (Å²) in [7, 11) is 0. The molecule has 2 amide bonds. The van der Waals surface area contributed by atoms with Crippen LogP contribution in [0.3, 0.4) is 0 Å². The zero-order valence-corrected chi connectivity index (χ0v) is 17.5. The summed E-state index contributed by atoms with van der Waals surface area (Å²) in [5.74, 6) is -4.25. The number of aryl methyl sites for hydroxylation is 1. The fourth-order valence-electron chi connectivity index (χ4n) is 4.33. The van der Waals surface area contributed by atoms with Gasteiger partial charge in [-0.2, -0.15) is 0 Å². The summed E-state index contributed by atoms with van der Waals surface area (Å²) in [5.41, 5.74) is -3.48. The molecule has 32 heavy (non-hydrogen) atoms. The molecule has 2 aliphatic rings. The van der Waals surface area contributed by atoms with E-state index in [9.17, 15) is 32.7 Å². The first-order valence-electron chi connectivity index (χ1n) is 10.2. The number of nitrogens with zero attached hydrogens (tertiary/aromatic N) is 2. The summed E-state index contributed by atoms with van der Waals surface area (Å²) in [5, 5.41) is 12.7. The monoisotopic (exact) mass is 449 g/mol. The van der Waals surface area contributed by atoms with Crippen molar-refractivity contribution in [2.45, 2.75) is 44.9 Å². The van der Waals surface area contributed by atoms with Crippen LogP contribution in [0, 0.1) is 18.6 Å². The van der Waals surface area contributed by atoms with E-state index in [4.69, 9.17) is 0 Å². The number of pyridine rings is 1. The molecular weight excluding hydrogens is 427 g/mol. The molecule has 1 aromatic heterocycles. The highest BCUT2D eigenvalue weighted by Crippen LogP contribution is 2.36. The molecule has 10 heteroatoms. The van der Waals surface area contributed by atoms with Crippen LogP contribution in [0.5, 0.6) is 5.75 Å². The topological polar surface area (TPSA) is 91.6 Å². The molecule has 2 N–H and O–H groups in total. The van der Waals surface area contributed by atoms with Gasteiger partial charge in [-0.1, -0.05) is 0 Å². The third-order valence-electron chi connectivity index (χ3n) is 6.00. The maximum atomic E-state index is 14.7. The van der Waals surface area contributed by atoms with E-state index in [1.54, 1.807) is 0 Å². The normalized spacial score (nSPS) is 22.3. The highest BCUT2D eigenvalue weighted by Gasteiger charge is 2.42. The Morgan fingerprint density at radius 1 is 1.28 bits per heavy atom. The fourth-order valence-corrected chi connectivity index (χ4v) is 4.33. The first kappa shape index (κ1) is 21.9. The van der Waals surface area contributed by atoms with E-state index >= 15 is 0 Å². The second-order valence-corrected chi connectivity index (χ2v) is 8.66. The first-order valence-corrected chi connectivity index (χ1v) is 10.2. The molecule has 4 rings (SSSR count). The summed E-state index contributed by atoms with van der Waals surface area (Å²) in [6, 6.07) is 1.80. The van der Waals surface area contributed by atoms with Crippen molar-refractivity contribution in [3.8, 4) is 5.75 Å². The number of amides is 2. The van der Waals surface area contributed by atoms with E-state index in [1.807, 2.05) is 0 Å². The molecule has 2 aliphatic heterocycles. The summed E-state index contributed by atoms with van der Waals surface area (Å²) < 4.78 is 44.1. The molecule has 1 fully saturated rings. The van der Waals surface area contributed by atoms with E-state index in [2.05, 4.69) is 5.32 Å². The van der Waals surface area contributed by atoms with Crippen LogP contribution in [0.15, 0.2) is 23.1 Å². The van der Waals surface area contributed by atoms with Crippen LogP contribution in [0.1, 0.15) is 57.8 Å². The number of benzene rings is 1. The Kier molecular flexibility index (Phi) is 5.26. The predicted molar refractivity (Wildman–Crippen MR) is 108 cm³/mol. The molecule has 0 unspecified atom stereocenters. The number of nitrogens with one attached hydrogen (secondary N) is 1. The van der Waals surface area contributed by atoms with Gasteiger partial charge in [0.1, 0.15) is 22.9 Å². The number of fused-ring (bicyclic) bond motifs is 4. The van der Waals surface area contributed by atoms with Gasteiger partial charge >= 0.3 is 0 Å². The van der Waals surface area contributed by atoms with Crippen LogP contribution in [-0.2, 0) is 6.54 Å². The number of rotatable bonds is 3. The fraction of sp³-hybridized carbons (Fsp3) is 0.409. The molecule has 2 atom stereocenters.